The second-order valence-electron chi connectivity index (χ2n) is 4.00. The van der Waals surface area contributed by atoms with Gasteiger partial charge < -0.3 is 4.74 Å². The predicted molar refractivity (Wildman–Crippen MR) is 70.0 cm³/mol. The summed E-state index contributed by atoms with van der Waals surface area (Å²) in [5.41, 5.74) is 0.799. The lowest BCUT2D eigenvalue weighted by atomic mass is 10.1. The molecule has 102 valence electrons. The summed E-state index contributed by atoms with van der Waals surface area (Å²) in [6.07, 6.45) is 1.89. The molecule has 0 fully saturated rings. The highest BCUT2D eigenvalue weighted by molar-refractivity contribution is 5.92. The number of benzene rings is 1. The third kappa shape index (κ3) is 3.68. The zero-order valence-corrected chi connectivity index (χ0v) is 10.5. The van der Waals surface area contributed by atoms with E-state index in [-0.39, 0.29) is 11.5 Å². The van der Waals surface area contributed by atoms with Gasteiger partial charge in [0.1, 0.15) is 17.3 Å². The summed E-state index contributed by atoms with van der Waals surface area (Å²) in [5.74, 6) is -0.742. The first-order valence-electron chi connectivity index (χ1n) is 5.90. The highest BCUT2D eigenvalue weighted by Crippen LogP contribution is 2.11. The molecule has 2 aromatic rings. The quantitative estimate of drug-likeness (QED) is 0.786. The van der Waals surface area contributed by atoms with Crippen molar-refractivity contribution < 1.29 is 13.9 Å². The zero-order chi connectivity index (χ0) is 14.4. The van der Waals surface area contributed by atoms with Crippen LogP contribution in [0.3, 0.4) is 0 Å². The molecule has 0 aliphatic carbocycles. The first-order chi connectivity index (χ1) is 9.69. The molecular formula is C14H11FN2O3. The van der Waals surface area contributed by atoms with Crippen molar-refractivity contribution in [2.75, 3.05) is 6.61 Å². The summed E-state index contributed by atoms with van der Waals surface area (Å²) < 4.78 is 18.4. The number of nitrogens with zero attached hydrogens (tertiary/aromatic N) is 2. The van der Waals surface area contributed by atoms with Crippen molar-refractivity contribution >= 4 is 5.91 Å². The van der Waals surface area contributed by atoms with Gasteiger partial charge in [0, 0.05) is 11.6 Å². The number of amides is 1. The molecule has 5 nitrogen and oxygen atoms in total. The lowest BCUT2D eigenvalue weighted by Gasteiger charge is -2.06. The second kappa shape index (κ2) is 6.51. The van der Waals surface area contributed by atoms with Gasteiger partial charge in [-0.25, -0.2) is 9.37 Å². The van der Waals surface area contributed by atoms with Gasteiger partial charge in [-0.15, -0.1) is 4.91 Å². The van der Waals surface area contributed by atoms with Crippen LogP contribution in [-0.2, 0) is 6.42 Å². The van der Waals surface area contributed by atoms with Gasteiger partial charge in [0.15, 0.2) is 0 Å². The number of carbonyl (C=O) groups excluding carboxylic acids is 1. The smallest absolute Gasteiger partial charge is 0.334 e. The lowest BCUT2D eigenvalue weighted by molar-refractivity contribution is 0.0996. The molecule has 0 saturated carbocycles. The summed E-state index contributed by atoms with van der Waals surface area (Å²) in [6.45, 7) is 0.352. The Morgan fingerprint density at radius 2 is 2.15 bits per heavy atom. The fourth-order valence-electron chi connectivity index (χ4n) is 1.62. The van der Waals surface area contributed by atoms with Crippen LogP contribution in [0.2, 0.25) is 0 Å². The van der Waals surface area contributed by atoms with Crippen LogP contribution in [0.4, 0.5) is 4.39 Å². The number of halogens is 1. The lowest BCUT2D eigenvalue weighted by Crippen LogP contribution is -2.03. The minimum Gasteiger partial charge on any atom is -0.492 e. The number of ether oxygens (including phenoxy) is 1. The molecule has 0 radical (unpaired) electrons. The van der Waals surface area contributed by atoms with E-state index in [0.717, 1.165) is 5.56 Å². The molecule has 0 aliphatic rings. The number of hydrogen-bond donors (Lipinski definition) is 0. The molecule has 1 aromatic heterocycles. The minimum absolute atomic E-state index is 0.0301. The SMILES string of the molecule is O=NC(=O)c1ccc(OCCc2cccc(F)c2)cn1. The number of nitroso groups, excluding NO2 is 1. The molecule has 0 saturated heterocycles. The summed E-state index contributed by atoms with van der Waals surface area (Å²) in [6, 6.07) is 9.16. The standard InChI is InChI=1S/C14H11FN2O3/c15-11-3-1-2-10(8-11)6-7-20-12-4-5-13(16-9-12)14(18)17-19/h1-5,8-9H,6-7H2. The Morgan fingerprint density at radius 1 is 1.30 bits per heavy atom. The monoisotopic (exact) mass is 274 g/mol. The van der Waals surface area contributed by atoms with Gasteiger partial charge in [-0.1, -0.05) is 12.1 Å². The largest absolute Gasteiger partial charge is 0.492 e. The molecule has 0 bridgehead atoms. The van der Waals surface area contributed by atoms with Gasteiger partial charge in [-0.05, 0) is 29.8 Å². The highest BCUT2D eigenvalue weighted by Gasteiger charge is 2.06. The Morgan fingerprint density at radius 3 is 2.80 bits per heavy atom. The van der Waals surface area contributed by atoms with Crippen molar-refractivity contribution in [3.63, 3.8) is 0 Å². The number of hydrogen-bond acceptors (Lipinski definition) is 4. The number of aromatic nitrogens is 1. The Kier molecular flexibility index (Phi) is 4.49. The van der Waals surface area contributed by atoms with E-state index < -0.39 is 5.91 Å². The fourth-order valence-corrected chi connectivity index (χ4v) is 1.62. The molecule has 20 heavy (non-hydrogen) atoms. The van der Waals surface area contributed by atoms with Gasteiger partial charge in [-0.3, -0.25) is 4.79 Å². The van der Waals surface area contributed by atoms with Gasteiger partial charge >= 0.3 is 5.91 Å². The van der Waals surface area contributed by atoms with E-state index in [1.807, 2.05) is 6.07 Å². The van der Waals surface area contributed by atoms with Gasteiger partial charge in [-0.2, -0.15) is 0 Å². The van der Waals surface area contributed by atoms with E-state index in [0.29, 0.717) is 18.8 Å². The van der Waals surface area contributed by atoms with E-state index in [9.17, 15) is 14.1 Å². The molecular weight excluding hydrogens is 263 g/mol. The van der Waals surface area contributed by atoms with Crippen LogP contribution in [-0.4, -0.2) is 17.5 Å². The molecule has 0 unspecified atom stereocenters. The molecule has 1 amide bonds. The third-order valence-corrected chi connectivity index (χ3v) is 2.59. The maximum Gasteiger partial charge on any atom is 0.334 e. The average Bonchev–Trinajstić information content (AvgIpc) is 2.47. The summed E-state index contributed by atoms with van der Waals surface area (Å²) in [4.78, 5) is 24.7. The number of carbonyl (C=O) groups is 1. The molecule has 0 aliphatic heterocycles. The first-order valence-corrected chi connectivity index (χ1v) is 5.90. The Balaban J connectivity index is 1.88. The van der Waals surface area contributed by atoms with Crippen molar-refractivity contribution in [1.82, 2.24) is 4.98 Å². The van der Waals surface area contributed by atoms with Crippen LogP contribution in [0.25, 0.3) is 0 Å². The molecule has 0 atom stereocenters. The van der Waals surface area contributed by atoms with E-state index in [1.54, 1.807) is 6.07 Å². The van der Waals surface area contributed by atoms with Gasteiger partial charge in [0.05, 0.1) is 12.8 Å². The molecule has 1 heterocycles. The summed E-state index contributed by atoms with van der Waals surface area (Å²) >= 11 is 0. The van der Waals surface area contributed by atoms with Crippen LogP contribution < -0.4 is 4.74 Å². The van der Waals surface area contributed by atoms with E-state index in [1.165, 1.54) is 30.5 Å². The molecule has 1 aromatic carbocycles. The van der Waals surface area contributed by atoms with E-state index in [4.69, 9.17) is 4.74 Å². The third-order valence-electron chi connectivity index (χ3n) is 2.59. The first kappa shape index (κ1) is 13.8. The Labute approximate surface area is 114 Å². The molecule has 0 N–H and O–H groups in total. The Bertz CT molecular complexity index is 614. The van der Waals surface area contributed by atoms with Gasteiger partial charge in [0.2, 0.25) is 0 Å². The van der Waals surface area contributed by atoms with Crippen molar-refractivity contribution in [2.45, 2.75) is 6.42 Å². The van der Waals surface area contributed by atoms with Crippen LogP contribution in [0, 0.1) is 10.7 Å². The van der Waals surface area contributed by atoms with Crippen molar-refractivity contribution in [2.24, 2.45) is 5.18 Å². The van der Waals surface area contributed by atoms with Gasteiger partial charge in [0.25, 0.3) is 0 Å². The highest BCUT2D eigenvalue weighted by atomic mass is 19.1. The maximum atomic E-state index is 13.0. The van der Waals surface area contributed by atoms with Crippen LogP contribution >= 0.6 is 0 Å². The summed E-state index contributed by atoms with van der Waals surface area (Å²) in [7, 11) is 0. The van der Waals surface area contributed by atoms with E-state index >= 15 is 0 Å². The van der Waals surface area contributed by atoms with E-state index in [2.05, 4.69) is 10.2 Å². The second-order valence-corrected chi connectivity index (χ2v) is 4.00. The average molecular weight is 274 g/mol. The topological polar surface area (TPSA) is 68.6 Å². The van der Waals surface area contributed by atoms with Crippen LogP contribution in [0.15, 0.2) is 47.8 Å². The number of rotatable bonds is 5. The zero-order valence-electron chi connectivity index (χ0n) is 10.5. The normalized spacial score (nSPS) is 10.1. The Hall–Kier alpha value is -2.63. The van der Waals surface area contributed by atoms with Crippen molar-refractivity contribution in [3.05, 3.63) is 64.6 Å². The maximum absolute atomic E-state index is 13.0. The number of pyridine rings is 1. The molecule has 2 rings (SSSR count). The van der Waals surface area contributed by atoms with Crippen molar-refractivity contribution in [3.8, 4) is 5.75 Å². The van der Waals surface area contributed by atoms with Crippen LogP contribution in [0.1, 0.15) is 16.1 Å². The molecule has 0 spiro atoms. The minimum atomic E-state index is -0.920. The molecule has 6 heteroatoms. The predicted octanol–water partition coefficient (Wildman–Crippen LogP) is 2.75. The van der Waals surface area contributed by atoms with Crippen molar-refractivity contribution in [1.29, 1.82) is 0 Å². The van der Waals surface area contributed by atoms with Crippen LogP contribution in [0.5, 0.6) is 5.75 Å². The fraction of sp³-hybridized carbons (Fsp3) is 0.143. The summed E-state index contributed by atoms with van der Waals surface area (Å²) in [5, 5.41) is 2.27.